The molecule has 0 aliphatic rings. The van der Waals surface area contributed by atoms with Crippen LogP contribution >= 0.6 is 0 Å². The van der Waals surface area contributed by atoms with Crippen LogP contribution in [0.3, 0.4) is 0 Å². The highest BCUT2D eigenvalue weighted by Gasteiger charge is 2.24. The first-order chi connectivity index (χ1) is 16.7. The van der Waals surface area contributed by atoms with E-state index in [1.807, 2.05) is 58.2 Å². The largest absolute Gasteiger partial charge is 0.439 e. The summed E-state index contributed by atoms with van der Waals surface area (Å²) < 4.78 is 32.4. The van der Waals surface area contributed by atoms with E-state index in [4.69, 9.17) is 19.3 Å². The van der Waals surface area contributed by atoms with E-state index in [1.54, 1.807) is 23.9 Å². The van der Waals surface area contributed by atoms with Gasteiger partial charge in [-0.2, -0.15) is 5.10 Å². The summed E-state index contributed by atoms with van der Waals surface area (Å²) in [5.41, 5.74) is 2.27. The van der Waals surface area contributed by atoms with E-state index in [9.17, 15) is 9.50 Å². The second-order valence-electron chi connectivity index (χ2n) is 9.48. The van der Waals surface area contributed by atoms with E-state index in [2.05, 4.69) is 4.90 Å². The monoisotopic (exact) mass is 485 g/mol. The average Bonchev–Trinajstić information content (AvgIpc) is 3.12. The molecule has 0 fully saturated rings. The number of benzene rings is 2. The first kappa shape index (κ1) is 26.8. The zero-order chi connectivity index (χ0) is 25.4. The van der Waals surface area contributed by atoms with Gasteiger partial charge >= 0.3 is 0 Å². The minimum absolute atomic E-state index is 0.227. The van der Waals surface area contributed by atoms with Crippen molar-refractivity contribution in [3.8, 4) is 22.9 Å². The van der Waals surface area contributed by atoms with Crippen molar-refractivity contribution in [2.75, 3.05) is 33.4 Å². The van der Waals surface area contributed by atoms with Crippen molar-refractivity contribution in [3.63, 3.8) is 0 Å². The Morgan fingerprint density at radius 2 is 1.77 bits per heavy atom. The van der Waals surface area contributed by atoms with Gasteiger partial charge < -0.3 is 19.3 Å². The van der Waals surface area contributed by atoms with Crippen LogP contribution in [0.25, 0.3) is 11.3 Å². The fourth-order valence-corrected chi connectivity index (χ4v) is 3.64. The van der Waals surface area contributed by atoms with Crippen LogP contribution in [0.5, 0.6) is 11.6 Å². The summed E-state index contributed by atoms with van der Waals surface area (Å²) in [5.74, 6) is 0.736. The van der Waals surface area contributed by atoms with Gasteiger partial charge in [0, 0.05) is 39.4 Å². The second kappa shape index (κ2) is 12.3. The van der Waals surface area contributed by atoms with Gasteiger partial charge in [0.1, 0.15) is 17.3 Å². The highest BCUT2D eigenvalue weighted by Crippen LogP contribution is 2.34. The maximum atomic E-state index is 13.4. The summed E-state index contributed by atoms with van der Waals surface area (Å²) in [4.78, 5) is 2.10. The van der Waals surface area contributed by atoms with Crippen LogP contribution in [-0.4, -0.2) is 64.9 Å². The molecule has 0 saturated heterocycles. The van der Waals surface area contributed by atoms with E-state index in [1.165, 1.54) is 12.1 Å². The molecule has 2 aromatic carbocycles. The molecule has 0 amide bonds. The molecule has 0 radical (unpaired) electrons. The quantitative estimate of drug-likeness (QED) is 0.403. The molecule has 35 heavy (non-hydrogen) atoms. The zero-order valence-corrected chi connectivity index (χ0v) is 21.2. The molecule has 1 heterocycles. The van der Waals surface area contributed by atoms with Crippen molar-refractivity contribution in [1.29, 1.82) is 0 Å². The molecule has 0 spiro atoms. The highest BCUT2D eigenvalue weighted by atomic mass is 19.1. The molecule has 1 aromatic heterocycles. The summed E-state index contributed by atoms with van der Waals surface area (Å²) in [6.45, 7) is 8.06. The Labute approximate surface area is 207 Å². The van der Waals surface area contributed by atoms with Gasteiger partial charge in [-0.25, -0.2) is 9.07 Å². The van der Waals surface area contributed by atoms with Gasteiger partial charge in [-0.3, -0.25) is 4.90 Å². The molecule has 0 aliphatic carbocycles. The van der Waals surface area contributed by atoms with Gasteiger partial charge in [0.25, 0.3) is 0 Å². The second-order valence-corrected chi connectivity index (χ2v) is 9.48. The SMILES string of the molecule is COCCN(Cc1c(-c2ccccc2)nn(C)c1Oc1ccc(F)cc1)C[C@H](O)COC(C)(C)C. The average molecular weight is 486 g/mol. The third-order valence-corrected chi connectivity index (χ3v) is 5.33. The number of aliphatic hydroxyl groups is 1. The van der Waals surface area contributed by atoms with Gasteiger partial charge in [0.2, 0.25) is 5.88 Å². The van der Waals surface area contributed by atoms with Gasteiger partial charge in [-0.15, -0.1) is 0 Å². The van der Waals surface area contributed by atoms with Crippen molar-refractivity contribution >= 4 is 0 Å². The molecule has 0 bridgehead atoms. The van der Waals surface area contributed by atoms with Crippen LogP contribution < -0.4 is 4.74 Å². The number of nitrogens with zero attached hydrogens (tertiary/aromatic N) is 3. The summed E-state index contributed by atoms with van der Waals surface area (Å²) in [6.07, 6.45) is -0.676. The van der Waals surface area contributed by atoms with Crippen molar-refractivity contribution in [2.24, 2.45) is 7.05 Å². The van der Waals surface area contributed by atoms with E-state index < -0.39 is 6.10 Å². The summed E-state index contributed by atoms with van der Waals surface area (Å²) >= 11 is 0. The topological polar surface area (TPSA) is 69.0 Å². The standard InChI is InChI=1S/C27H36FN3O4/c1-27(2,3)34-19-22(32)17-31(15-16-33-5)18-24-25(20-9-7-6-8-10-20)29-30(4)26(24)35-23-13-11-21(28)12-14-23/h6-14,22,32H,15-19H2,1-5H3/t22-/m0/s1. The summed E-state index contributed by atoms with van der Waals surface area (Å²) in [6, 6.07) is 15.8. The van der Waals surface area contributed by atoms with Crippen LogP contribution in [0, 0.1) is 5.82 Å². The first-order valence-corrected chi connectivity index (χ1v) is 11.7. The van der Waals surface area contributed by atoms with Gasteiger partial charge in [0.15, 0.2) is 0 Å². The van der Waals surface area contributed by atoms with Gasteiger partial charge in [-0.05, 0) is 45.0 Å². The molecule has 1 atom stereocenters. The molecule has 190 valence electrons. The van der Waals surface area contributed by atoms with E-state index in [-0.39, 0.29) is 18.0 Å². The molecule has 0 unspecified atom stereocenters. The first-order valence-electron chi connectivity index (χ1n) is 11.7. The van der Waals surface area contributed by atoms with E-state index in [0.29, 0.717) is 37.9 Å². The molecular formula is C27H36FN3O4. The number of rotatable bonds is 12. The van der Waals surface area contributed by atoms with Crippen molar-refractivity contribution in [2.45, 2.75) is 39.0 Å². The Balaban J connectivity index is 1.92. The minimum Gasteiger partial charge on any atom is -0.439 e. The Morgan fingerprint density at radius 1 is 1.09 bits per heavy atom. The molecule has 3 rings (SSSR count). The fraction of sp³-hybridized carbons (Fsp3) is 0.444. The lowest BCUT2D eigenvalue weighted by Crippen LogP contribution is -2.38. The van der Waals surface area contributed by atoms with Crippen LogP contribution in [0.15, 0.2) is 54.6 Å². The van der Waals surface area contributed by atoms with Crippen LogP contribution in [0.2, 0.25) is 0 Å². The molecule has 0 aliphatic heterocycles. The number of aromatic nitrogens is 2. The van der Waals surface area contributed by atoms with Crippen LogP contribution in [0.1, 0.15) is 26.3 Å². The van der Waals surface area contributed by atoms with Crippen LogP contribution in [0.4, 0.5) is 4.39 Å². The predicted molar refractivity (Wildman–Crippen MR) is 134 cm³/mol. The minimum atomic E-state index is -0.676. The number of aryl methyl sites for hydroxylation is 1. The Hall–Kier alpha value is -2.78. The smallest absolute Gasteiger partial charge is 0.222 e. The third-order valence-electron chi connectivity index (χ3n) is 5.33. The maximum Gasteiger partial charge on any atom is 0.222 e. The summed E-state index contributed by atoms with van der Waals surface area (Å²) in [5, 5.41) is 15.4. The third kappa shape index (κ3) is 8.14. The highest BCUT2D eigenvalue weighted by molar-refractivity contribution is 5.65. The van der Waals surface area contributed by atoms with E-state index >= 15 is 0 Å². The van der Waals surface area contributed by atoms with E-state index in [0.717, 1.165) is 16.8 Å². The van der Waals surface area contributed by atoms with Crippen molar-refractivity contribution < 1.29 is 23.7 Å². The van der Waals surface area contributed by atoms with Gasteiger partial charge in [0.05, 0.1) is 30.5 Å². The number of halogens is 1. The Bertz CT molecular complexity index is 1050. The van der Waals surface area contributed by atoms with Gasteiger partial charge in [-0.1, -0.05) is 30.3 Å². The number of hydrogen-bond acceptors (Lipinski definition) is 6. The lowest BCUT2D eigenvalue weighted by atomic mass is 10.1. The zero-order valence-electron chi connectivity index (χ0n) is 21.2. The number of ether oxygens (including phenoxy) is 3. The molecule has 1 N–H and O–H groups in total. The molecule has 8 heteroatoms. The predicted octanol–water partition coefficient (Wildman–Crippen LogP) is 4.64. The van der Waals surface area contributed by atoms with Crippen molar-refractivity contribution in [3.05, 3.63) is 66.0 Å². The summed E-state index contributed by atoms with van der Waals surface area (Å²) in [7, 11) is 3.47. The maximum absolute atomic E-state index is 13.4. The molecule has 0 saturated carbocycles. The lowest BCUT2D eigenvalue weighted by molar-refractivity contribution is -0.0576. The molecule has 3 aromatic rings. The Morgan fingerprint density at radius 3 is 2.40 bits per heavy atom. The fourth-order valence-electron chi connectivity index (χ4n) is 3.64. The van der Waals surface area contributed by atoms with Crippen molar-refractivity contribution in [1.82, 2.24) is 14.7 Å². The number of hydrogen-bond donors (Lipinski definition) is 1. The number of aliphatic hydroxyl groups excluding tert-OH is 1. The molecular weight excluding hydrogens is 449 g/mol. The normalized spacial score (nSPS) is 12.8. The lowest BCUT2D eigenvalue weighted by Gasteiger charge is -2.27. The molecule has 7 nitrogen and oxygen atoms in total. The number of methoxy groups -OCH3 is 1. The van der Waals surface area contributed by atoms with Crippen LogP contribution in [-0.2, 0) is 23.1 Å². The Kier molecular flexibility index (Phi) is 9.40.